The van der Waals surface area contributed by atoms with Crippen molar-refractivity contribution in [3.8, 4) is 0 Å². The summed E-state index contributed by atoms with van der Waals surface area (Å²) in [5, 5.41) is 0. The number of aryl methyl sites for hydroxylation is 2. The Hall–Kier alpha value is -2.29. The third kappa shape index (κ3) is 3.14. The smallest absolute Gasteiger partial charge is 0.193 e. The van der Waals surface area contributed by atoms with E-state index in [9.17, 15) is 4.79 Å². The van der Waals surface area contributed by atoms with Gasteiger partial charge in [-0.15, -0.1) is 0 Å². The third-order valence-electron chi connectivity index (χ3n) is 3.94. The van der Waals surface area contributed by atoms with Crippen molar-refractivity contribution < 1.29 is 4.79 Å². The average molecular weight is 296 g/mol. The van der Waals surface area contributed by atoms with Gasteiger partial charge in [-0.1, -0.05) is 0 Å². The monoisotopic (exact) mass is 296 g/mol. The molecule has 0 radical (unpaired) electrons. The Morgan fingerprint density at radius 1 is 0.727 bits per heavy atom. The van der Waals surface area contributed by atoms with E-state index < -0.39 is 0 Å². The zero-order valence-electron chi connectivity index (χ0n) is 14.3. The van der Waals surface area contributed by atoms with Gasteiger partial charge in [-0.3, -0.25) is 4.79 Å². The summed E-state index contributed by atoms with van der Waals surface area (Å²) in [5.41, 5.74) is 5.76. The van der Waals surface area contributed by atoms with Crippen LogP contribution in [0.25, 0.3) is 0 Å². The molecule has 22 heavy (non-hydrogen) atoms. The van der Waals surface area contributed by atoms with Gasteiger partial charge < -0.3 is 9.80 Å². The summed E-state index contributed by atoms with van der Waals surface area (Å²) in [6.07, 6.45) is 0. The van der Waals surface area contributed by atoms with Crippen LogP contribution in [0.4, 0.5) is 11.4 Å². The molecule has 2 aromatic rings. The van der Waals surface area contributed by atoms with Crippen LogP contribution in [0.1, 0.15) is 27.0 Å². The molecule has 0 saturated heterocycles. The number of anilines is 2. The van der Waals surface area contributed by atoms with E-state index >= 15 is 0 Å². The number of ketones is 1. The number of carbonyl (C=O) groups is 1. The van der Waals surface area contributed by atoms with E-state index in [2.05, 4.69) is 12.1 Å². The summed E-state index contributed by atoms with van der Waals surface area (Å²) in [5.74, 6) is 0.0885. The predicted octanol–water partition coefficient (Wildman–Crippen LogP) is 3.67. The van der Waals surface area contributed by atoms with E-state index in [-0.39, 0.29) is 5.78 Å². The molecule has 0 aliphatic rings. The molecule has 0 aliphatic carbocycles. The number of hydrogen-bond donors (Lipinski definition) is 0. The number of rotatable bonds is 4. The summed E-state index contributed by atoms with van der Waals surface area (Å²) < 4.78 is 0. The maximum absolute atomic E-state index is 12.8. The summed E-state index contributed by atoms with van der Waals surface area (Å²) >= 11 is 0. The van der Waals surface area contributed by atoms with Gasteiger partial charge in [0.1, 0.15) is 0 Å². The van der Waals surface area contributed by atoms with Gasteiger partial charge in [0.2, 0.25) is 0 Å². The molecule has 0 fully saturated rings. The first kappa shape index (κ1) is 16.1. The first-order valence-corrected chi connectivity index (χ1v) is 7.42. The van der Waals surface area contributed by atoms with Gasteiger partial charge in [0.15, 0.2) is 5.78 Å². The topological polar surface area (TPSA) is 23.6 Å². The van der Waals surface area contributed by atoms with Crippen LogP contribution in [-0.2, 0) is 0 Å². The summed E-state index contributed by atoms with van der Waals surface area (Å²) in [6, 6.07) is 11.9. The lowest BCUT2D eigenvalue weighted by molar-refractivity contribution is 0.103. The van der Waals surface area contributed by atoms with Crippen molar-refractivity contribution >= 4 is 17.2 Å². The minimum Gasteiger partial charge on any atom is -0.378 e. The number of hydrogen-bond acceptors (Lipinski definition) is 3. The van der Waals surface area contributed by atoms with Crippen molar-refractivity contribution in [2.24, 2.45) is 0 Å². The number of nitrogens with zero attached hydrogens (tertiary/aromatic N) is 2. The SMILES string of the molecule is Cc1cc(N(C)C)ccc1C(=O)c1ccc(N(C)C)cc1C. The van der Waals surface area contributed by atoms with E-state index in [0.717, 1.165) is 33.6 Å². The van der Waals surface area contributed by atoms with E-state index in [1.54, 1.807) is 0 Å². The standard InChI is InChI=1S/C19H24N2O/c1-13-11-15(20(3)4)7-9-17(13)19(22)18-10-8-16(21(5)6)12-14(18)2/h7-12H,1-6H3. The molecule has 0 spiro atoms. The van der Waals surface area contributed by atoms with Gasteiger partial charge in [-0.2, -0.15) is 0 Å². The molecule has 0 aromatic heterocycles. The zero-order chi connectivity index (χ0) is 16.4. The Bertz CT molecular complexity index is 643. The van der Waals surface area contributed by atoms with Crippen molar-refractivity contribution in [3.05, 3.63) is 58.7 Å². The second-order valence-corrected chi connectivity index (χ2v) is 6.12. The largest absolute Gasteiger partial charge is 0.378 e. The fraction of sp³-hybridized carbons (Fsp3) is 0.316. The van der Waals surface area contributed by atoms with Gasteiger partial charge in [-0.05, 0) is 61.4 Å². The molecule has 0 saturated carbocycles. The second-order valence-electron chi connectivity index (χ2n) is 6.12. The Kier molecular flexibility index (Phi) is 4.55. The fourth-order valence-corrected chi connectivity index (χ4v) is 2.51. The van der Waals surface area contributed by atoms with Crippen LogP contribution in [0.3, 0.4) is 0 Å². The normalized spacial score (nSPS) is 10.5. The van der Waals surface area contributed by atoms with Gasteiger partial charge in [0.25, 0.3) is 0 Å². The molecule has 0 amide bonds. The maximum Gasteiger partial charge on any atom is 0.193 e. The quantitative estimate of drug-likeness (QED) is 0.804. The van der Waals surface area contributed by atoms with Crippen LogP contribution in [0, 0.1) is 13.8 Å². The molecule has 2 rings (SSSR count). The van der Waals surface area contributed by atoms with E-state index in [1.165, 1.54) is 0 Å². The van der Waals surface area contributed by atoms with Gasteiger partial charge in [0.05, 0.1) is 0 Å². The van der Waals surface area contributed by atoms with Crippen LogP contribution in [-0.4, -0.2) is 34.0 Å². The van der Waals surface area contributed by atoms with Crippen LogP contribution < -0.4 is 9.80 Å². The Morgan fingerprint density at radius 2 is 1.09 bits per heavy atom. The first-order valence-electron chi connectivity index (χ1n) is 7.42. The molecule has 0 N–H and O–H groups in total. The van der Waals surface area contributed by atoms with Crippen molar-refractivity contribution in [3.63, 3.8) is 0 Å². The summed E-state index contributed by atoms with van der Waals surface area (Å²) in [4.78, 5) is 16.9. The summed E-state index contributed by atoms with van der Waals surface area (Å²) in [7, 11) is 8.00. The Morgan fingerprint density at radius 3 is 1.36 bits per heavy atom. The Balaban J connectivity index is 2.40. The summed E-state index contributed by atoms with van der Waals surface area (Å²) in [6.45, 7) is 3.98. The van der Waals surface area contributed by atoms with E-state index in [0.29, 0.717) is 0 Å². The molecular formula is C19H24N2O. The van der Waals surface area contributed by atoms with Gasteiger partial charge in [-0.25, -0.2) is 0 Å². The van der Waals surface area contributed by atoms with Crippen LogP contribution >= 0.6 is 0 Å². The lowest BCUT2D eigenvalue weighted by Gasteiger charge is -2.16. The van der Waals surface area contributed by atoms with Crippen molar-refractivity contribution in [2.45, 2.75) is 13.8 Å². The molecular weight excluding hydrogens is 272 g/mol. The molecule has 0 atom stereocenters. The zero-order valence-corrected chi connectivity index (χ0v) is 14.3. The molecule has 0 unspecified atom stereocenters. The maximum atomic E-state index is 12.8. The van der Waals surface area contributed by atoms with E-state index in [1.807, 2.05) is 76.1 Å². The predicted molar refractivity (Wildman–Crippen MR) is 94.4 cm³/mol. The Labute approximate surface area is 133 Å². The highest BCUT2D eigenvalue weighted by molar-refractivity contribution is 6.11. The number of carbonyl (C=O) groups excluding carboxylic acids is 1. The molecule has 116 valence electrons. The highest BCUT2D eigenvalue weighted by atomic mass is 16.1. The minimum atomic E-state index is 0.0885. The molecule has 2 aromatic carbocycles. The van der Waals surface area contributed by atoms with Crippen molar-refractivity contribution in [1.29, 1.82) is 0 Å². The fourth-order valence-electron chi connectivity index (χ4n) is 2.51. The lowest BCUT2D eigenvalue weighted by atomic mass is 9.95. The third-order valence-corrected chi connectivity index (χ3v) is 3.94. The highest BCUT2D eigenvalue weighted by Crippen LogP contribution is 2.23. The minimum absolute atomic E-state index is 0.0885. The first-order chi connectivity index (χ1) is 10.3. The molecule has 0 aliphatic heterocycles. The van der Waals surface area contributed by atoms with Crippen molar-refractivity contribution in [1.82, 2.24) is 0 Å². The highest BCUT2D eigenvalue weighted by Gasteiger charge is 2.15. The number of benzene rings is 2. The molecule has 3 nitrogen and oxygen atoms in total. The molecule has 3 heteroatoms. The second kappa shape index (κ2) is 6.22. The average Bonchev–Trinajstić information content (AvgIpc) is 2.46. The van der Waals surface area contributed by atoms with Gasteiger partial charge in [0, 0.05) is 50.7 Å². The van der Waals surface area contributed by atoms with Gasteiger partial charge >= 0.3 is 0 Å². The van der Waals surface area contributed by atoms with Crippen LogP contribution in [0.15, 0.2) is 36.4 Å². The van der Waals surface area contributed by atoms with Crippen molar-refractivity contribution in [2.75, 3.05) is 38.0 Å². The van der Waals surface area contributed by atoms with Crippen LogP contribution in [0.5, 0.6) is 0 Å². The van der Waals surface area contributed by atoms with E-state index in [4.69, 9.17) is 0 Å². The molecule has 0 bridgehead atoms. The van der Waals surface area contributed by atoms with Crippen LogP contribution in [0.2, 0.25) is 0 Å². The molecule has 0 heterocycles. The lowest BCUT2D eigenvalue weighted by Crippen LogP contribution is -2.12.